The van der Waals surface area contributed by atoms with Crippen LogP contribution >= 0.6 is 11.3 Å². The van der Waals surface area contributed by atoms with Gasteiger partial charge in [-0.05, 0) is 36.4 Å². The molecule has 0 bridgehead atoms. The van der Waals surface area contributed by atoms with Gasteiger partial charge in [0.05, 0.1) is 18.4 Å². The fourth-order valence-corrected chi connectivity index (χ4v) is 2.73. The first kappa shape index (κ1) is 16.7. The topological polar surface area (TPSA) is 81.2 Å². The van der Waals surface area contributed by atoms with E-state index in [0.717, 1.165) is 5.56 Å². The monoisotopic (exact) mass is 357 g/mol. The minimum Gasteiger partial charge on any atom is -0.465 e. The maximum Gasteiger partial charge on any atom is 0.339 e. The van der Waals surface area contributed by atoms with Crippen molar-refractivity contribution in [2.24, 2.45) is 0 Å². The predicted molar refractivity (Wildman–Crippen MR) is 91.0 cm³/mol. The van der Waals surface area contributed by atoms with Crippen LogP contribution in [-0.4, -0.2) is 29.0 Å². The number of nitrogens with one attached hydrogen (secondary N) is 1. The van der Waals surface area contributed by atoms with Crippen LogP contribution in [0.5, 0.6) is 0 Å². The molecule has 0 fully saturated rings. The zero-order valence-corrected chi connectivity index (χ0v) is 13.8. The van der Waals surface area contributed by atoms with E-state index in [1.165, 1.54) is 48.9 Å². The van der Waals surface area contributed by atoms with E-state index in [1.54, 1.807) is 17.5 Å². The smallest absolute Gasteiger partial charge is 0.339 e. The van der Waals surface area contributed by atoms with E-state index in [9.17, 15) is 14.0 Å². The summed E-state index contributed by atoms with van der Waals surface area (Å²) in [5, 5.41) is 4.79. The number of rotatable bonds is 4. The zero-order chi connectivity index (χ0) is 17.8. The summed E-state index contributed by atoms with van der Waals surface area (Å²) in [4.78, 5) is 31.8. The molecule has 25 heavy (non-hydrogen) atoms. The second-order valence-corrected chi connectivity index (χ2v) is 5.78. The molecule has 0 radical (unpaired) electrons. The summed E-state index contributed by atoms with van der Waals surface area (Å²) < 4.78 is 17.5. The van der Waals surface area contributed by atoms with Gasteiger partial charge in [-0.2, -0.15) is 0 Å². The molecule has 0 spiro atoms. The van der Waals surface area contributed by atoms with Crippen LogP contribution < -0.4 is 5.32 Å². The van der Waals surface area contributed by atoms with Gasteiger partial charge in [-0.15, -0.1) is 11.3 Å². The molecule has 2 aromatic heterocycles. The number of carbonyl (C=O) groups is 2. The van der Waals surface area contributed by atoms with Gasteiger partial charge in [-0.1, -0.05) is 0 Å². The first-order valence-electron chi connectivity index (χ1n) is 7.14. The number of hydrogen-bond acceptors (Lipinski definition) is 6. The molecule has 6 nitrogen and oxygen atoms in total. The Kier molecular flexibility index (Phi) is 4.80. The van der Waals surface area contributed by atoms with Gasteiger partial charge in [-0.25, -0.2) is 14.2 Å². The lowest BCUT2D eigenvalue weighted by Gasteiger charge is -2.02. The Morgan fingerprint density at radius 1 is 1.16 bits per heavy atom. The van der Waals surface area contributed by atoms with Crippen molar-refractivity contribution in [2.45, 2.75) is 0 Å². The van der Waals surface area contributed by atoms with E-state index in [2.05, 4.69) is 20.0 Å². The van der Waals surface area contributed by atoms with Crippen molar-refractivity contribution < 1.29 is 18.7 Å². The summed E-state index contributed by atoms with van der Waals surface area (Å²) in [6.07, 6.45) is 1.27. The van der Waals surface area contributed by atoms with Crippen molar-refractivity contribution in [1.82, 2.24) is 9.97 Å². The summed E-state index contributed by atoms with van der Waals surface area (Å²) >= 11 is 1.24. The highest BCUT2D eigenvalue weighted by molar-refractivity contribution is 7.14. The highest BCUT2D eigenvalue weighted by Crippen LogP contribution is 2.25. The second kappa shape index (κ2) is 7.18. The van der Waals surface area contributed by atoms with Gasteiger partial charge in [0.25, 0.3) is 5.91 Å². The number of carbonyl (C=O) groups excluding carboxylic acids is 2. The summed E-state index contributed by atoms with van der Waals surface area (Å²) in [5.41, 5.74) is 1.78. The van der Waals surface area contributed by atoms with Crippen molar-refractivity contribution in [2.75, 3.05) is 12.4 Å². The zero-order valence-electron chi connectivity index (χ0n) is 13.0. The van der Waals surface area contributed by atoms with Crippen LogP contribution in [0.1, 0.15) is 20.8 Å². The Morgan fingerprint density at radius 3 is 2.56 bits per heavy atom. The maximum absolute atomic E-state index is 13.0. The highest BCUT2D eigenvalue weighted by Gasteiger charge is 2.13. The fourth-order valence-electron chi connectivity index (χ4n) is 2.01. The van der Waals surface area contributed by atoms with Crippen molar-refractivity contribution in [3.8, 4) is 11.3 Å². The lowest BCUT2D eigenvalue weighted by Crippen LogP contribution is -2.14. The number of aromatic nitrogens is 2. The number of methoxy groups -OCH3 is 1. The second-order valence-electron chi connectivity index (χ2n) is 4.92. The molecule has 0 atom stereocenters. The summed E-state index contributed by atoms with van der Waals surface area (Å²) in [7, 11) is 1.27. The first-order chi connectivity index (χ1) is 12.1. The van der Waals surface area contributed by atoms with Gasteiger partial charge in [0.15, 0.2) is 5.13 Å². The highest BCUT2D eigenvalue weighted by atomic mass is 32.1. The van der Waals surface area contributed by atoms with Crippen LogP contribution in [0.15, 0.2) is 48.0 Å². The molecule has 0 unspecified atom stereocenters. The largest absolute Gasteiger partial charge is 0.465 e. The van der Waals surface area contributed by atoms with E-state index in [-0.39, 0.29) is 17.1 Å². The van der Waals surface area contributed by atoms with Crippen LogP contribution in [0.3, 0.4) is 0 Å². The normalized spacial score (nSPS) is 10.3. The van der Waals surface area contributed by atoms with E-state index >= 15 is 0 Å². The predicted octanol–water partition coefficient (Wildman–Crippen LogP) is 3.38. The van der Waals surface area contributed by atoms with Gasteiger partial charge in [0.2, 0.25) is 0 Å². The molecule has 0 saturated carbocycles. The molecule has 0 saturated heterocycles. The molecule has 0 aliphatic heterocycles. The summed E-state index contributed by atoms with van der Waals surface area (Å²) in [5.74, 6) is -1.30. The Balaban J connectivity index is 1.71. The molecule has 126 valence electrons. The lowest BCUT2D eigenvalue weighted by atomic mass is 10.2. The standard InChI is InChI=1S/C17H12FN3O3S/c1-24-16(23)11-4-7-13(19-8-11)15(22)21-17-20-14(9-25-17)10-2-5-12(18)6-3-10/h2-9H,1H3,(H,20,21,22). The Hall–Kier alpha value is -3.13. The molecule has 0 aliphatic carbocycles. The van der Waals surface area contributed by atoms with E-state index in [4.69, 9.17) is 0 Å². The number of halogens is 1. The third-order valence-corrected chi connectivity index (χ3v) is 4.04. The Labute approximate surface area is 146 Å². The molecule has 0 aliphatic rings. The SMILES string of the molecule is COC(=O)c1ccc(C(=O)Nc2nc(-c3ccc(F)cc3)cs2)nc1. The molecule has 1 N–H and O–H groups in total. The number of thiazole rings is 1. The van der Waals surface area contributed by atoms with Gasteiger partial charge in [0, 0.05) is 17.1 Å². The van der Waals surface area contributed by atoms with Gasteiger partial charge < -0.3 is 4.74 Å². The van der Waals surface area contributed by atoms with Crippen LogP contribution in [0.2, 0.25) is 0 Å². The Morgan fingerprint density at radius 2 is 1.92 bits per heavy atom. The number of amides is 1. The lowest BCUT2D eigenvalue weighted by molar-refractivity contribution is 0.0600. The van der Waals surface area contributed by atoms with Crippen LogP contribution in [0.25, 0.3) is 11.3 Å². The summed E-state index contributed by atoms with van der Waals surface area (Å²) in [6, 6.07) is 8.81. The van der Waals surface area contributed by atoms with Crippen LogP contribution in [0.4, 0.5) is 9.52 Å². The van der Waals surface area contributed by atoms with Crippen molar-refractivity contribution in [3.05, 3.63) is 65.0 Å². The number of benzene rings is 1. The van der Waals surface area contributed by atoms with E-state index in [1.807, 2.05) is 0 Å². The first-order valence-corrected chi connectivity index (χ1v) is 8.02. The number of pyridine rings is 1. The van der Waals surface area contributed by atoms with Gasteiger partial charge in [-0.3, -0.25) is 15.1 Å². The third kappa shape index (κ3) is 3.86. The average molecular weight is 357 g/mol. The van der Waals surface area contributed by atoms with Gasteiger partial charge in [0.1, 0.15) is 11.5 Å². The molecule has 3 rings (SSSR count). The van der Waals surface area contributed by atoms with Crippen LogP contribution in [-0.2, 0) is 4.74 Å². The maximum atomic E-state index is 13.0. The molecular formula is C17H12FN3O3S. The fraction of sp³-hybridized carbons (Fsp3) is 0.0588. The number of nitrogens with zero attached hydrogens (tertiary/aromatic N) is 2. The number of ether oxygens (including phenoxy) is 1. The third-order valence-electron chi connectivity index (χ3n) is 3.28. The minimum absolute atomic E-state index is 0.145. The van der Waals surface area contributed by atoms with Gasteiger partial charge >= 0.3 is 5.97 Å². The number of esters is 1. The summed E-state index contributed by atoms with van der Waals surface area (Å²) in [6.45, 7) is 0. The average Bonchev–Trinajstić information content (AvgIpc) is 3.10. The van der Waals surface area contributed by atoms with Crippen LogP contribution in [0, 0.1) is 5.82 Å². The van der Waals surface area contributed by atoms with E-state index in [0.29, 0.717) is 10.8 Å². The molecule has 2 heterocycles. The van der Waals surface area contributed by atoms with Crippen molar-refractivity contribution in [1.29, 1.82) is 0 Å². The molecule has 1 amide bonds. The number of anilines is 1. The quantitative estimate of drug-likeness (QED) is 0.724. The van der Waals surface area contributed by atoms with E-state index < -0.39 is 11.9 Å². The molecule has 1 aromatic carbocycles. The van der Waals surface area contributed by atoms with Crippen molar-refractivity contribution >= 4 is 28.3 Å². The number of hydrogen-bond donors (Lipinski definition) is 1. The minimum atomic E-state index is -0.525. The molecular weight excluding hydrogens is 345 g/mol. The Bertz CT molecular complexity index is 908. The molecule has 3 aromatic rings. The van der Waals surface area contributed by atoms with Crippen molar-refractivity contribution in [3.63, 3.8) is 0 Å². The molecule has 8 heteroatoms.